The molecule has 0 saturated carbocycles. The summed E-state index contributed by atoms with van der Waals surface area (Å²) in [5.74, 6) is -0.793. The van der Waals surface area contributed by atoms with Crippen LogP contribution in [0.5, 0.6) is 0 Å². The zero-order valence-corrected chi connectivity index (χ0v) is 5.90. The Balaban J connectivity index is 3.21. The average molecular weight is 172 g/mol. The van der Waals surface area contributed by atoms with E-state index in [9.17, 15) is 14.5 Å². The number of aliphatic hydroxyl groups is 1. The Hall–Kier alpha value is -1.56. The lowest BCUT2D eigenvalue weighted by Crippen LogP contribution is -1.99. The Morgan fingerprint density at radius 2 is 2.42 bits per heavy atom. The molecule has 0 aliphatic carbocycles. The first-order chi connectivity index (χ1) is 5.65. The number of rotatable bonds is 2. The summed E-state index contributed by atoms with van der Waals surface area (Å²) < 4.78 is 12.4. The van der Waals surface area contributed by atoms with E-state index in [0.717, 1.165) is 12.3 Å². The monoisotopic (exact) mass is 172 g/mol. The van der Waals surface area contributed by atoms with Gasteiger partial charge < -0.3 is 5.11 Å². The molecule has 0 amide bonds. The van der Waals surface area contributed by atoms with Gasteiger partial charge in [-0.3, -0.25) is 10.1 Å². The molecule has 1 N–H and O–H groups in total. The maximum Gasteiger partial charge on any atom is 0.296 e. The molecule has 1 rings (SSSR count). The van der Waals surface area contributed by atoms with E-state index >= 15 is 0 Å². The predicted molar refractivity (Wildman–Crippen MR) is 36.8 cm³/mol. The van der Waals surface area contributed by atoms with Crippen molar-refractivity contribution in [2.45, 2.75) is 6.61 Å². The standard InChI is InChI=1S/C6H5FN2O3/c7-4-1-6(9(11)12)5(3-10)8-2-4/h1-2,10H,3H2. The van der Waals surface area contributed by atoms with Gasteiger partial charge in [-0.05, 0) is 0 Å². The highest BCUT2D eigenvalue weighted by Gasteiger charge is 2.14. The van der Waals surface area contributed by atoms with Crippen molar-refractivity contribution in [3.63, 3.8) is 0 Å². The molecule has 0 aliphatic rings. The smallest absolute Gasteiger partial charge is 0.296 e. The second kappa shape index (κ2) is 3.22. The van der Waals surface area contributed by atoms with Crippen LogP contribution in [0, 0.1) is 15.9 Å². The summed E-state index contributed by atoms with van der Waals surface area (Å²) in [6.45, 7) is -0.573. The Morgan fingerprint density at radius 3 is 2.92 bits per heavy atom. The first kappa shape index (κ1) is 8.54. The van der Waals surface area contributed by atoms with Gasteiger partial charge in [0, 0.05) is 0 Å². The molecule has 1 heterocycles. The normalized spacial score (nSPS) is 9.83. The highest BCUT2D eigenvalue weighted by molar-refractivity contribution is 5.34. The molecule has 6 heteroatoms. The molecule has 1 aromatic rings. The molecule has 0 aromatic carbocycles. The fourth-order valence-electron chi connectivity index (χ4n) is 0.737. The van der Waals surface area contributed by atoms with Crippen LogP contribution in [0.15, 0.2) is 12.3 Å². The van der Waals surface area contributed by atoms with Crippen LogP contribution < -0.4 is 0 Å². The van der Waals surface area contributed by atoms with E-state index in [2.05, 4.69) is 4.98 Å². The summed E-state index contributed by atoms with van der Waals surface area (Å²) >= 11 is 0. The fraction of sp³-hybridized carbons (Fsp3) is 0.167. The molecule has 0 aliphatic heterocycles. The Kier molecular flexibility index (Phi) is 2.29. The van der Waals surface area contributed by atoms with Crippen LogP contribution in [0.25, 0.3) is 0 Å². The molecule has 1 aromatic heterocycles. The first-order valence-corrected chi connectivity index (χ1v) is 3.05. The zero-order chi connectivity index (χ0) is 9.14. The third kappa shape index (κ3) is 1.54. The molecule has 64 valence electrons. The maximum atomic E-state index is 12.4. The molecule has 0 saturated heterocycles. The summed E-state index contributed by atoms with van der Waals surface area (Å²) in [7, 11) is 0. The van der Waals surface area contributed by atoms with E-state index in [1.807, 2.05) is 0 Å². The SMILES string of the molecule is O=[N+]([O-])c1cc(F)cnc1CO. The number of hydrogen-bond acceptors (Lipinski definition) is 4. The Morgan fingerprint density at radius 1 is 1.75 bits per heavy atom. The lowest BCUT2D eigenvalue weighted by Gasteiger charge is -1.96. The summed E-state index contributed by atoms with van der Waals surface area (Å²) in [5.41, 5.74) is -0.640. The first-order valence-electron chi connectivity index (χ1n) is 3.05. The highest BCUT2D eigenvalue weighted by Crippen LogP contribution is 2.16. The molecule has 0 spiro atoms. The van der Waals surface area contributed by atoms with Crippen molar-refractivity contribution in [3.05, 3.63) is 33.9 Å². The number of hydrogen-bond donors (Lipinski definition) is 1. The van der Waals surface area contributed by atoms with Gasteiger partial charge in [-0.25, -0.2) is 9.37 Å². The molecule has 0 atom stereocenters. The van der Waals surface area contributed by atoms with Crippen LogP contribution in [0.3, 0.4) is 0 Å². The molecule has 12 heavy (non-hydrogen) atoms. The number of aromatic nitrogens is 1. The van der Waals surface area contributed by atoms with Gasteiger partial charge in [0.1, 0.15) is 11.5 Å². The van der Waals surface area contributed by atoms with Crippen molar-refractivity contribution in [2.75, 3.05) is 0 Å². The van der Waals surface area contributed by atoms with Crippen molar-refractivity contribution in [1.29, 1.82) is 0 Å². The van der Waals surface area contributed by atoms with Crippen molar-refractivity contribution >= 4 is 5.69 Å². The maximum absolute atomic E-state index is 12.4. The second-order valence-electron chi connectivity index (χ2n) is 2.03. The van der Waals surface area contributed by atoms with Crippen LogP contribution in [0.4, 0.5) is 10.1 Å². The molecular formula is C6H5FN2O3. The van der Waals surface area contributed by atoms with Crippen LogP contribution in [0.1, 0.15) is 5.69 Å². The summed E-state index contributed by atoms with van der Waals surface area (Å²) in [5, 5.41) is 18.8. The molecular weight excluding hydrogens is 167 g/mol. The fourth-order valence-corrected chi connectivity index (χ4v) is 0.737. The quantitative estimate of drug-likeness (QED) is 0.524. The van der Waals surface area contributed by atoms with Crippen molar-refractivity contribution < 1.29 is 14.4 Å². The van der Waals surface area contributed by atoms with E-state index in [1.54, 1.807) is 0 Å². The molecule has 0 bridgehead atoms. The largest absolute Gasteiger partial charge is 0.390 e. The van der Waals surface area contributed by atoms with Crippen molar-refractivity contribution in [1.82, 2.24) is 4.98 Å². The minimum Gasteiger partial charge on any atom is -0.390 e. The van der Waals surface area contributed by atoms with Gasteiger partial charge in [0.2, 0.25) is 0 Å². The minimum atomic E-state index is -0.793. The van der Waals surface area contributed by atoms with Crippen molar-refractivity contribution in [3.8, 4) is 0 Å². The third-order valence-electron chi connectivity index (χ3n) is 1.26. The molecule has 0 fully saturated rings. The van der Waals surface area contributed by atoms with Crippen LogP contribution in [-0.2, 0) is 6.61 Å². The van der Waals surface area contributed by atoms with E-state index in [-0.39, 0.29) is 5.69 Å². The summed E-state index contributed by atoms with van der Waals surface area (Å²) in [6, 6.07) is 0.721. The minimum absolute atomic E-state index is 0.138. The summed E-state index contributed by atoms with van der Waals surface area (Å²) in [6.07, 6.45) is 0.818. The van der Waals surface area contributed by atoms with Crippen LogP contribution in [-0.4, -0.2) is 15.0 Å². The molecule has 0 unspecified atom stereocenters. The van der Waals surface area contributed by atoms with Crippen LogP contribution >= 0.6 is 0 Å². The Labute approximate surface area is 66.6 Å². The van der Waals surface area contributed by atoms with Gasteiger partial charge in [-0.2, -0.15) is 0 Å². The number of pyridine rings is 1. The topological polar surface area (TPSA) is 76.3 Å². The van der Waals surface area contributed by atoms with E-state index < -0.39 is 23.0 Å². The molecule has 0 radical (unpaired) electrons. The second-order valence-corrected chi connectivity index (χ2v) is 2.03. The lowest BCUT2D eigenvalue weighted by molar-refractivity contribution is -0.386. The van der Waals surface area contributed by atoms with E-state index in [0.29, 0.717) is 0 Å². The predicted octanol–water partition coefficient (Wildman–Crippen LogP) is 0.621. The van der Waals surface area contributed by atoms with Gasteiger partial charge in [0.05, 0.1) is 23.8 Å². The van der Waals surface area contributed by atoms with Gasteiger partial charge in [-0.1, -0.05) is 0 Å². The van der Waals surface area contributed by atoms with Gasteiger partial charge in [0.15, 0.2) is 0 Å². The zero-order valence-electron chi connectivity index (χ0n) is 5.90. The van der Waals surface area contributed by atoms with Gasteiger partial charge >= 0.3 is 0 Å². The van der Waals surface area contributed by atoms with E-state index in [1.165, 1.54) is 0 Å². The van der Waals surface area contributed by atoms with Gasteiger partial charge in [0.25, 0.3) is 5.69 Å². The number of aliphatic hydroxyl groups excluding tert-OH is 1. The van der Waals surface area contributed by atoms with E-state index in [4.69, 9.17) is 5.11 Å². The highest BCUT2D eigenvalue weighted by atomic mass is 19.1. The third-order valence-corrected chi connectivity index (χ3v) is 1.26. The van der Waals surface area contributed by atoms with Gasteiger partial charge in [-0.15, -0.1) is 0 Å². The average Bonchev–Trinajstić information content (AvgIpc) is 2.04. The van der Waals surface area contributed by atoms with Crippen molar-refractivity contribution in [2.24, 2.45) is 0 Å². The molecule has 5 nitrogen and oxygen atoms in total. The number of nitro groups is 1. The lowest BCUT2D eigenvalue weighted by atomic mass is 10.3. The Bertz CT molecular complexity index is 316. The number of halogens is 1. The van der Waals surface area contributed by atoms with Crippen LogP contribution in [0.2, 0.25) is 0 Å². The number of nitrogens with zero attached hydrogens (tertiary/aromatic N) is 2. The summed E-state index contributed by atoms with van der Waals surface area (Å²) in [4.78, 5) is 12.8.